The van der Waals surface area contributed by atoms with Gasteiger partial charge < -0.3 is 61.9 Å². The Morgan fingerprint density at radius 2 is 0.659 bits per heavy atom. The molecule has 0 atom stereocenters. The molecule has 8 heterocycles. The minimum absolute atomic E-state index is 0.00495. The molecule has 0 aliphatic heterocycles. The van der Waals surface area contributed by atoms with Crippen LogP contribution in [0.5, 0.6) is 5.75 Å². The Kier molecular flexibility index (Phi) is 27.6. The lowest BCUT2D eigenvalue weighted by Gasteiger charge is -2.15. The van der Waals surface area contributed by atoms with Crippen molar-refractivity contribution < 1.29 is 85.5 Å². The van der Waals surface area contributed by atoms with E-state index in [1.165, 1.54) is 109 Å². The van der Waals surface area contributed by atoms with Gasteiger partial charge in [0.25, 0.3) is 23.6 Å². The van der Waals surface area contributed by atoms with Gasteiger partial charge in [0.1, 0.15) is 57.6 Å². The van der Waals surface area contributed by atoms with E-state index >= 15 is 0 Å². The number of imidazole rings is 4. The van der Waals surface area contributed by atoms with E-state index in [2.05, 4.69) is 85.8 Å². The van der Waals surface area contributed by atoms with E-state index in [9.17, 15) is 63.1 Å². The molecule has 8 aromatic heterocycles. The van der Waals surface area contributed by atoms with Crippen molar-refractivity contribution in [2.75, 3.05) is 21.3 Å². The number of alkyl halides is 3. The van der Waals surface area contributed by atoms with Gasteiger partial charge in [-0.1, -0.05) is 92.8 Å². The lowest BCUT2D eigenvalue weighted by Crippen LogP contribution is -2.17. The summed E-state index contributed by atoms with van der Waals surface area (Å²) in [5, 5.41) is 10.7. The van der Waals surface area contributed by atoms with Gasteiger partial charge in [-0.2, -0.15) is 0 Å². The van der Waals surface area contributed by atoms with Gasteiger partial charge in [-0.3, -0.25) is 19.2 Å². The Hall–Kier alpha value is -15.0. The standard InChI is InChI=1S/C27H26FN3O2.C26H21F4N3O3.C25H20ClF2N3O2.C25H20F3N3O2/c1-17-7-9-19(10-8-17)25-26(31(16-29-25)21-5-3-4-6-21)23-13-14-24(33-23)27(32)30-22-12-11-20(28)15-18(22)2;27-17-7-5-16(6-8-17)23-24(33(15-31-23)19-3-1-2-4-19)21-13-14-22(35-21)25(34)32-18-9-11-20(12-10-18)36-26(28,29)30;26-16-7-10-20(19(28)13-16)30-25(32)22-12-11-21(33-22)24-23(15-5-8-17(27)9-6-15)29-14-31(24)18-3-1-2-4-18;26-16-7-5-15(6-8-16)23-24(31(14-29-23)18-3-1-2-4-18)21-11-12-22(33-21)25(32)30-17-9-10-19(27)20(28)13-17/h7-16,21H,3-6H2,1-2H3,(H,30,32);5-15,19H,1-4H2,(H,32,34);2*5-14,18H,1-4H2,(H,30,32). The summed E-state index contributed by atoms with van der Waals surface area (Å²) in [6.07, 6.45) is 19.7. The van der Waals surface area contributed by atoms with E-state index in [-0.39, 0.29) is 92.4 Å². The predicted octanol–water partition coefficient (Wildman–Crippen LogP) is 27.9. The normalized spacial score (nSPS) is 14.1. The molecule has 690 valence electrons. The van der Waals surface area contributed by atoms with Crippen LogP contribution in [0.2, 0.25) is 5.02 Å². The van der Waals surface area contributed by atoms with E-state index in [1.807, 2.05) is 17.0 Å². The quantitative estimate of drug-likeness (QED) is 0.0489. The fraction of sp³-hybridized carbons (Fsp3) is 0.223. The van der Waals surface area contributed by atoms with Crippen LogP contribution in [0.25, 0.3) is 90.8 Å². The van der Waals surface area contributed by atoms with Crippen molar-refractivity contribution in [1.29, 1.82) is 0 Å². The molecule has 4 aliphatic carbocycles. The van der Waals surface area contributed by atoms with Gasteiger partial charge in [0, 0.05) is 74.6 Å². The molecule has 32 heteroatoms. The Morgan fingerprint density at radius 1 is 0.341 bits per heavy atom. The van der Waals surface area contributed by atoms with Gasteiger partial charge in [-0.05, 0) is 265 Å². The lowest BCUT2D eigenvalue weighted by molar-refractivity contribution is -0.274. The number of carbonyl (C=O) groups is 4. The number of aryl methyl sites for hydroxylation is 2. The van der Waals surface area contributed by atoms with Gasteiger partial charge >= 0.3 is 6.36 Å². The number of nitrogens with zero attached hydrogens (tertiary/aromatic N) is 8. The lowest BCUT2D eigenvalue weighted by atomic mass is 10.1. The fourth-order valence-corrected chi connectivity index (χ4v) is 17.6. The van der Waals surface area contributed by atoms with E-state index in [1.54, 1.807) is 98.7 Å². The van der Waals surface area contributed by atoms with Crippen molar-refractivity contribution in [2.45, 2.75) is 147 Å². The molecule has 4 N–H and O–H groups in total. The third-order valence-electron chi connectivity index (χ3n) is 24.1. The van der Waals surface area contributed by atoms with Crippen LogP contribution in [0.15, 0.2) is 267 Å². The first-order chi connectivity index (χ1) is 65.2. The molecule has 135 heavy (non-hydrogen) atoms. The number of halogens is 11. The topological polar surface area (TPSA) is 249 Å². The molecule has 16 aromatic rings. The van der Waals surface area contributed by atoms with Gasteiger partial charge in [0.2, 0.25) is 0 Å². The molecule has 0 spiro atoms. The average molecular weight is 1860 g/mol. The third-order valence-corrected chi connectivity index (χ3v) is 24.4. The molecular weight excluding hydrogens is 1770 g/mol. The van der Waals surface area contributed by atoms with Crippen LogP contribution in [0, 0.1) is 54.6 Å². The minimum Gasteiger partial charge on any atom is -0.449 e. The molecule has 0 bridgehead atoms. The molecule has 20 rings (SSSR count). The Morgan fingerprint density at radius 3 is 1.00 bits per heavy atom. The summed E-state index contributed by atoms with van der Waals surface area (Å²) in [6, 6.07) is 56.9. The minimum atomic E-state index is -4.80. The Labute approximate surface area is 772 Å². The first-order valence-electron chi connectivity index (χ1n) is 44.1. The molecule has 21 nitrogen and oxygen atoms in total. The molecule has 0 unspecified atom stereocenters. The molecule has 4 aliphatic rings. The van der Waals surface area contributed by atoms with Crippen molar-refractivity contribution in [3.8, 4) is 96.6 Å². The smallest absolute Gasteiger partial charge is 0.449 e. The van der Waals surface area contributed by atoms with E-state index < -0.39 is 47.3 Å². The number of hydrogen-bond acceptors (Lipinski definition) is 13. The molecule has 4 saturated carbocycles. The van der Waals surface area contributed by atoms with Gasteiger partial charge in [-0.25, -0.2) is 50.7 Å². The number of anilines is 4. The van der Waals surface area contributed by atoms with Crippen LogP contribution in [0.1, 0.15) is 180 Å². The predicted molar refractivity (Wildman–Crippen MR) is 490 cm³/mol. The highest BCUT2D eigenvalue weighted by Gasteiger charge is 2.34. The zero-order chi connectivity index (χ0) is 94.1. The molecule has 4 fully saturated rings. The summed E-state index contributed by atoms with van der Waals surface area (Å²) < 4.78 is 168. The van der Waals surface area contributed by atoms with Gasteiger partial charge in [0.15, 0.2) is 57.7 Å². The molecule has 0 saturated heterocycles. The monoisotopic (exact) mass is 1860 g/mol. The Bertz CT molecular complexity index is 6710. The van der Waals surface area contributed by atoms with Crippen LogP contribution in [-0.4, -0.2) is 68.2 Å². The molecule has 4 amide bonds. The number of ether oxygens (including phenoxy) is 1. The number of amides is 4. The van der Waals surface area contributed by atoms with Crippen LogP contribution in [-0.2, 0) is 0 Å². The zero-order valence-electron chi connectivity index (χ0n) is 72.7. The number of carbonyl (C=O) groups excluding carboxylic acids is 4. The number of benzene rings is 8. The highest BCUT2D eigenvalue weighted by Crippen LogP contribution is 2.46. The molecule has 8 aromatic carbocycles. The maximum absolute atomic E-state index is 14.1. The maximum atomic E-state index is 14.1. The average Bonchev–Trinajstić information content (AvgIpc) is 1.64. The number of hydrogen-bond donors (Lipinski definition) is 4. The first kappa shape index (κ1) is 91.9. The van der Waals surface area contributed by atoms with E-state index in [4.69, 9.17) is 34.3 Å². The number of rotatable bonds is 21. The van der Waals surface area contributed by atoms with Crippen LogP contribution in [0.4, 0.5) is 66.7 Å². The van der Waals surface area contributed by atoms with Crippen LogP contribution in [0.3, 0.4) is 0 Å². The summed E-state index contributed by atoms with van der Waals surface area (Å²) in [7, 11) is 0. The fourth-order valence-electron chi connectivity index (χ4n) is 17.4. The molecular formula is C103H87ClF10N12O9. The van der Waals surface area contributed by atoms with Crippen molar-refractivity contribution in [3.63, 3.8) is 0 Å². The summed E-state index contributed by atoms with van der Waals surface area (Å²) in [5.74, 6) is -4.39. The van der Waals surface area contributed by atoms with Gasteiger partial charge in [-0.15, -0.1) is 13.2 Å². The molecule has 0 radical (unpaired) electrons. The Balaban J connectivity index is 0.000000125. The summed E-state index contributed by atoms with van der Waals surface area (Å²) in [6.45, 7) is 3.81. The maximum Gasteiger partial charge on any atom is 0.573 e. The van der Waals surface area contributed by atoms with Crippen molar-refractivity contribution in [3.05, 3.63) is 330 Å². The summed E-state index contributed by atoms with van der Waals surface area (Å²) >= 11 is 5.77. The van der Waals surface area contributed by atoms with Crippen molar-refractivity contribution in [1.82, 2.24) is 38.2 Å². The van der Waals surface area contributed by atoms with Gasteiger partial charge in [0.05, 0.1) is 53.8 Å². The van der Waals surface area contributed by atoms with Crippen molar-refractivity contribution >= 4 is 58.0 Å². The van der Waals surface area contributed by atoms with E-state index in [0.29, 0.717) is 74.4 Å². The number of aromatic nitrogens is 8. The highest BCUT2D eigenvalue weighted by atomic mass is 35.5. The van der Waals surface area contributed by atoms with Crippen molar-refractivity contribution in [2.24, 2.45) is 0 Å². The zero-order valence-corrected chi connectivity index (χ0v) is 73.5. The second kappa shape index (κ2) is 40.6. The largest absolute Gasteiger partial charge is 0.573 e. The number of furan rings is 4. The van der Waals surface area contributed by atoms with Crippen LogP contribution < -0.4 is 26.0 Å². The SMILES string of the molecule is Cc1ccc(-c2ncn(C3CCCC3)c2-c2ccc(C(=O)Nc3ccc(F)cc3C)o2)cc1.O=C(Nc1ccc(Cl)cc1F)c1ccc(-c2c(-c3ccc(F)cc3)ncn2C2CCCC2)o1.O=C(Nc1ccc(F)c(F)c1)c1ccc(-c2c(-c3ccc(F)cc3)ncn2C2CCCC2)o1.O=C(Nc1ccc(OC(F)(F)F)cc1)c1ccc(-c2c(-c3ccc(F)cc3)ncn2C2CCCC2)o1. The van der Waals surface area contributed by atoms with Crippen LogP contribution >= 0.6 is 11.6 Å². The summed E-state index contributed by atoms with van der Waals surface area (Å²) in [5.41, 5.74) is 11.7. The van der Waals surface area contributed by atoms with E-state index in [0.717, 1.165) is 154 Å². The highest BCUT2D eigenvalue weighted by molar-refractivity contribution is 6.30. The third kappa shape index (κ3) is 21.5. The second-order valence-corrected chi connectivity index (χ2v) is 33.7. The first-order valence-corrected chi connectivity index (χ1v) is 44.4. The number of nitrogens with one attached hydrogen (secondary N) is 4. The summed E-state index contributed by atoms with van der Waals surface area (Å²) in [4.78, 5) is 69.5. The second-order valence-electron chi connectivity index (χ2n) is 33.3.